The van der Waals surface area contributed by atoms with Crippen LogP contribution in [0.4, 0.5) is 5.69 Å². The highest BCUT2D eigenvalue weighted by molar-refractivity contribution is 7.89. The molecule has 6 nitrogen and oxygen atoms in total. The van der Waals surface area contributed by atoms with Gasteiger partial charge in [-0.2, -0.15) is 0 Å². The minimum Gasteiger partial charge on any atom is -0.326 e. The van der Waals surface area contributed by atoms with Crippen LogP contribution in [0.5, 0.6) is 0 Å². The van der Waals surface area contributed by atoms with Crippen LogP contribution in [0.15, 0.2) is 23.1 Å². The molecule has 8 heteroatoms. The summed E-state index contributed by atoms with van der Waals surface area (Å²) in [4.78, 5) is 12.2. The first-order valence-corrected chi connectivity index (χ1v) is 7.98. The molecule has 0 saturated carbocycles. The molecule has 1 aromatic carbocycles. The van der Waals surface area contributed by atoms with Gasteiger partial charge >= 0.3 is 0 Å². The summed E-state index contributed by atoms with van der Waals surface area (Å²) in [5, 5.41) is 5.90. The van der Waals surface area contributed by atoms with E-state index in [-0.39, 0.29) is 29.1 Å². The number of rotatable bonds is 4. The second-order valence-electron chi connectivity index (χ2n) is 4.87. The molecule has 3 N–H and O–H groups in total. The Morgan fingerprint density at radius 3 is 2.67 bits per heavy atom. The Bertz CT molecular complexity index is 613. The fraction of sp³-hybridized carbons (Fsp3) is 0.462. The molecule has 1 saturated heterocycles. The van der Waals surface area contributed by atoms with Crippen molar-refractivity contribution < 1.29 is 13.2 Å². The molecule has 0 bridgehead atoms. The largest absolute Gasteiger partial charge is 0.326 e. The van der Waals surface area contributed by atoms with Crippen LogP contribution in [0.1, 0.15) is 12.0 Å². The van der Waals surface area contributed by atoms with Crippen molar-refractivity contribution in [2.75, 3.05) is 25.5 Å². The van der Waals surface area contributed by atoms with E-state index in [4.69, 9.17) is 0 Å². The van der Waals surface area contributed by atoms with Gasteiger partial charge in [-0.25, -0.2) is 13.1 Å². The number of benzene rings is 1. The van der Waals surface area contributed by atoms with Crippen LogP contribution in [0.2, 0.25) is 0 Å². The number of aryl methyl sites for hydroxylation is 1. The maximum absolute atomic E-state index is 12.0. The van der Waals surface area contributed by atoms with Crippen molar-refractivity contribution in [3.63, 3.8) is 0 Å². The maximum Gasteiger partial charge on any atom is 0.240 e. The lowest BCUT2D eigenvalue weighted by Gasteiger charge is -2.12. The van der Waals surface area contributed by atoms with Gasteiger partial charge in [-0.1, -0.05) is 6.07 Å². The topological polar surface area (TPSA) is 87.3 Å². The minimum atomic E-state index is -3.52. The Morgan fingerprint density at radius 2 is 2.10 bits per heavy atom. The number of amides is 1. The molecular formula is C13H20ClN3O3S. The SMILES string of the molecule is CNS(=O)(=O)c1cc(NC(=O)C2CCNC2)ccc1C.Cl. The predicted molar refractivity (Wildman–Crippen MR) is 84.3 cm³/mol. The number of anilines is 1. The smallest absolute Gasteiger partial charge is 0.240 e. The molecule has 1 aliphatic heterocycles. The third-order valence-corrected chi connectivity index (χ3v) is 5.00. The minimum absolute atomic E-state index is 0. The van der Waals surface area contributed by atoms with Gasteiger partial charge in [0.05, 0.1) is 10.8 Å². The Morgan fingerprint density at radius 1 is 1.38 bits per heavy atom. The molecular weight excluding hydrogens is 314 g/mol. The Kier molecular flexibility index (Phi) is 6.15. The third-order valence-electron chi connectivity index (χ3n) is 3.45. The Labute approximate surface area is 131 Å². The van der Waals surface area contributed by atoms with Gasteiger partial charge in [-0.3, -0.25) is 4.79 Å². The summed E-state index contributed by atoms with van der Waals surface area (Å²) in [5.74, 6) is -0.132. The van der Waals surface area contributed by atoms with E-state index >= 15 is 0 Å². The number of hydrogen-bond donors (Lipinski definition) is 3. The summed E-state index contributed by atoms with van der Waals surface area (Å²) in [6.07, 6.45) is 0.805. The van der Waals surface area contributed by atoms with Gasteiger partial charge in [-0.15, -0.1) is 12.4 Å². The molecule has 1 aliphatic rings. The zero-order valence-corrected chi connectivity index (χ0v) is 13.6. The van der Waals surface area contributed by atoms with Crippen molar-refractivity contribution in [3.8, 4) is 0 Å². The number of hydrogen-bond acceptors (Lipinski definition) is 4. The van der Waals surface area contributed by atoms with Gasteiger partial charge in [0.2, 0.25) is 15.9 Å². The second-order valence-corrected chi connectivity index (χ2v) is 6.72. The number of carbonyl (C=O) groups is 1. The van der Waals surface area contributed by atoms with Gasteiger partial charge in [0.25, 0.3) is 0 Å². The van der Waals surface area contributed by atoms with Gasteiger partial charge in [-0.05, 0) is 44.6 Å². The van der Waals surface area contributed by atoms with E-state index in [0.717, 1.165) is 13.0 Å². The van der Waals surface area contributed by atoms with Crippen LogP contribution in [0, 0.1) is 12.8 Å². The first kappa shape index (κ1) is 17.9. The summed E-state index contributed by atoms with van der Waals surface area (Å²) < 4.78 is 26.0. The maximum atomic E-state index is 12.0. The van der Waals surface area contributed by atoms with E-state index in [1.807, 2.05) is 0 Å². The normalized spacial score (nSPS) is 18.1. The van der Waals surface area contributed by atoms with Crippen molar-refractivity contribution >= 4 is 34.0 Å². The quantitative estimate of drug-likeness (QED) is 0.763. The highest BCUT2D eigenvalue weighted by atomic mass is 35.5. The van der Waals surface area contributed by atoms with E-state index in [1.54, 1.807) is 19.1 Å². The number of sulfonamides is 1. The van der Waals surface area contributed by atoms with Gasteiger partial charge in [0.1, 0.15) is 0 Å². The molecule has 1 unspecified atom stereocenters. The summed E-state index contributed by atoms with van der Waals surface area (Å²) in [6.45, 7) is 3.22. The number of carbonyl (C=O) groups excluding carboxylic acids is 1. The van der Waals surface area contributed by atoms with Crippen molar-refractivity contribution in [3.05, 3.63) is 23.8 Å². The van der Waals surface area contributed by atoms with Crippen molar-refractivity contribution in [1.29, 1.82) is 0 Å². The van der Waals surface area contributed by atoms with Crippen LogP contribution in [0.25, 0.3) is 0 Å². The predicted octanol–water partition coefficient (Wildman–Crippen LogP) is 0.873. The standard InChI is InChI=1S/C13H19N3O3S.ClH/c1-9-3-4-11(7-12(9)20(18,19)14-2)16-13(17)10-5-6-15-8-10;/h3-4,7,10,14-15H,5-6,8H2,1-2H3,(H,16,17);1H. The molecule has 1 amide bonds. The third kappa shape index (κ3) is 4.16. The zero-order valence-electron chi connectivity index (χ0n) is 12.0. The molecule has 2 rings (SSSR count). The van der Waals surface area contributed by atoms with Crippen molar-refractivity contribution in [2.24, 2.45) is 5.92 Å². The summed E-state index contributed by atoms with van der Waals surface area (Å²) in [7, 11) is -2.15. The second kappa shape index (κ2) is 7.22. The molecule has 118 valence electrons. The van der Waals surface area contributed by atoms with Gasteiger partial charge in [0.15, 0.2) is 0 Å². The number of halogens is 1. The van der Waals surface area contributed by atoms with E-state index < -0.39 is 10.0 Å². The lowest BCUT2D eigenvalue weighted by molar-refractivity contribution is -0.119. The molecule has 0 aliphatic carbocycles. The Hall–Kier alpha value is -1.15. The summed E-state index contributed by atoms with van der Waals surface area (Å²) in [5.41, 5.74) is 1.14. The fourth-order valence-corrected chi connectivity index (χ4v) is 3.19. The molecule has 1 atom stereocenters. The molecule has 0 radical (unpaired) electrons. The van der Waals surface area contributed by atoms with E-state index in [2.05, 4.69) is 15.4 Å². The van der Waals surface area contributed by atoms with Gasteiger partial charge in [0, 0.05) is 12.2 Å². The number of nitrogens with one attached hydrogen (secondary N) is 3. The molecule has 0 spiro atoms. The molecule has 1 heterocycles. The molecule has 0 aromatic heterocycles. The van der Waals surface area contributed by atoms with Crippen molar-refractivity contribution in [2.45, 2.75) is 18.2 Å². The summed E-state index contributed by atoms with van der Waals surface area (Å²) in [6, 6.07) is 4.89. The monoisotopic (exact) mass is 333 g/mol. The van der Waals surface area contributed by atoms with Crippen molar-refractivity contribution in [1.82, 2.24) is 10.0 Å². The molecule has 21 heavy (non-hydrogen) atoms. The highest BCUT2D eigenvalue weighted by Gasteiger charge is 2.23. The van der Waals surface area contributed by atoms with Crippen LogP contribution < -0.4 is 15.4 Å². The van der Waals surface area contributed by atoms with E-state index in [9.17, 15) is 13.2 Å². The lowest BCUT2D eigenvalue weighted by Crippen LogP contribution is -2.25. The first-order chi connectivity index (χ1) is 9.44. The average molecular weight is 334 g/mol. The van der Waals surface area contributed by atoms with Crippen LogP contribution in [-0.4, -0.2) is 34.5 Å². The lowest BCUT2D eigenvalue weighted by atomic mass is 10.1. The van der Waals surface area contributed by atoms with Crippen LogP contribution in [-0.2, 0) is 14.8 Å². The average Bonchev–Trinajstić information content (AvgIpc) is 2.95. The van der Waals surface area contributed by atoms with Gasteiger partial charge < -0.3 is 10.6 Å². The first-order valence-electron chi connectivity index (χ1n) is 6.50. The Balaban J connectivity index is 0.00000220. The van der Waals surface area contributed by atoms with Crippen LogP contribution >= 0.6 is 12.4 Å². The zero-order chi connectivity index (χ0) is 14.8. The molecule has 1 aromatic rings. The highest BCUT2D eigenvalue weighted by Crippen LogP contribution is 2.21. The molecule has 1 fully saturated rings. The van der Waals surface area contributed by atoms with Crippen LogP contribution in [0.3, 0.4) is 0 Å². The van der Waals surface area contributed by atoms with E-state index in [0.29, 0.717) is 17.8 Å². The fourth-order valence-electron chi connectivity index (χ4n) is 2.20. The summed E-state index contributed by atoms with van der Waals surface area (Å²) >= 11 is 0. The van der Waals surface area contributed by atoms with E-state index in [1.165, 1.54) is 13.1 Å².